The van der Waals surface area contributed by atoms with Gasteiger partial charge in [0.15, 0.2) is 11.2 Å². The topological polar surface area (TPSA) is 116 Å². The normalized spacial score (nSPS) is 18.6. The van der Waals surface area contributed by atoms with Gasteiger partial charge in [-0.1, -0.05) is 6.08 Å². The fourth-order valence-corrected chi connectivity index (χ4v) is 2.83. The smallest absolute Gasteiger partial charge is 0.444 e. The van der Waals surface area contributed by atoms with Crippen molar-refractivity contribution in [2.24, 2.45) is 0 Å². The van der Waals surface area contributed by atoms with Crippen LogP contribution in [0.15, 0.2) is 26.9 Å². The van der Waals surface area contributed by atoms with Gasteiger partial charge in [0.1, 0.15) is 5.60 Å². The molecule has 1 amide bonds. The van der Waals surface area contributed by atoms with Gasteiger partial charge in [0.25, 0.3) is 0 Å². The number of fused-ring (bicyclic) bond motifs is 1. The number of nitrogens with zero attached hydrogens (tertiary/aromatic N) is 1. The molecule has 10 heteroatoms. The molecule has 162 valence electrons. The van der Waals surface area contributed by atoms with Crippen LogP contribution in [-0.4, -0.2) is 46.5 Å². The highest BCUT2D eigenvalue weighted by Gasteiger charge is 2.52. The fraction of sp³-hybridized carbons (Fsp3) is 0.550. The van der Waals surface area contributed by atoms with Crippen molar-refractivity contribution in [2.75, 3.05) is 6.54 Å². The van der Waals surface area contributed by atoms with Crippen LogP contribution in [0.4, 0.5) is 4.79 Å². The van der Waals surface area contributed by atoms with Gasteiger partial charge in [0.05, 0.1) is 11.2 Å². The van der Waals surface area contributed by atoms with Gasteiger partial charge >= 0.3 is 19.0 Å². The molecule has 2 aromatic rings. The Bertz CT molecular complexity index is 1020. The molecule has 2 aromatic heterocycles. The van der Waals surface area contributed by atoms with Gasteiger partial charge < -0.3 is 23.8 Å². The zero-order valence-corrected chi connectivity index (χ0v) is 18.4. The van der Waals surface area contributed by atoms with Crippen LogP contribution in [0, 0.1) is 0 Å². The predicted octanol–water partition coefficient (Wildman–Crippen LogP) is 3.06. The highest BCUT2D eigenvalue weighted by Crippen LogP contribution is 2.38. The maximum atomic E-state index is 12.2. The van der Waals surface area contributed by atoms with Crippen molar-refractivity contribution in [1.29, 1.82) is 0 Å². The molecule has 1 saturated heterocycles. The number of amides is 1. The number of hydrogen-bond acceptors (Lipinski definition) is 7. The summed E-state index contributed by atoms with van der Waals surface area (Å²) in [5, 5.41) is 2.74. The van der Waals surface area contributed by atoms with E-state index in [2.05, 4.69) is 15.3 Å². The second kappa shape index (κ2) is 7.59. The Morgan fingerprint density at radius 2 is 1.90 bits per heavy atom. The van der Waals surface area contributed by atoms with Crippen molar-refractivity contribution < 1.29 is 23.3 Å². The number of alkyl carbamates (subject to hydrolysis) is 1. The van der Waals surface area contributed by atoms with Crippen molar-refractivity contribution in [1.82, 2.24) is 15.3 Å². The minimum atomic E-state index is -0.682. The minimum absolute atomic E-state index is 0.140. The number of H-pyrrole nitrogens is 1. The molecular formula is C20H28BN3O6. The molecule has 0 radical (unpaired) electrons. The molecule has 1 fully saturated rings. The number of oxazole rings is 1. The van der Waals surface area contributed by atoms with Crippen LogP contribution in [0.5, 0.6) is 0 Å². The van der Waals surface area contributed by atoms with Crippen LogP contribution in [0.1, 0.15) is 54.0 Å². The number of nitrogens with one attached hydrogen (secondary N) is 2. The molecule has 0 aromatic carbocycles. The summed E-state index contributed by atoms with van der Waals surface area (Å²) in [5.74, 6) is -0.573. The zero-order chi connectivity index (χ0) is 22.3. The molecular weight excluding hydrogens is 389 g/mol. The molecule has 2 N–H and O–H groups in total. The summed E-state index contributed by atoms with van der Waals surface area (Å²) in [4.78, 5) is 30.2. The summed E-state index contributed by atoms with van der Waals surface area (Å²) in [5.41, 5.74) is 0.332. The summed E-state index contributed by atoms with van der Waals surface area (Å²) >= 11 is 0. The Kier molecular flexibility index (Phi) is 5.59. The van der Waals surface area contributed by atoms with Crippen molar-refractivity contribution in [3.63, 3.8) is 0 Å². The van der Waals surface area contributed by atoms with Crippen LogP contribution in [-0.2, 0) is 14.0 Å². The van der Waals surface area contributed by atoms with E-state index in [0.717, 1.165) is 0 Å². The Labute approximate surface area is 175 Å². The molecule has 30 heavy (non-hydrogen) atoms. The van der Waals surface area contributed by atoms with E-state index in [0.29, 0.717) is 22.3 Å². The van der Waals surface area contributed by atoms with E-state index >= 15 is 0 Å². The first kappa shape index (κ1) is 22.1. The third kappa shape index (κ3) is 4.93. The van der Waals surface area contributed by atoms with E-state index in [4.69, 9.17) is 18.5 Å². The molecule has 0 bridgehead atoms. The highest BCUT2D eigenvalue weighted by molar-refractivity contribution is 6.56. The number of aromatic nitrogens is 2. The lowest BCUT2D eigenvalue weighted by atomic mass is 9.77. The molecule has 1 aliphatic rings. The lowest BCUT2D eigenvalue weighted by Crippen LogP contribution is -2.41. The molecule has 0 saturated carbocycles. The van der Waals surface area contributed by atoms with Crippen LogP contribution in [0.25, 0.3) is 17.3 Å². The summed E-state index contributed by atoms with van der Waals surface area (Å²) in [7, 11) is -0.682. The average Bonchev–Trinajstić information content (AvgIpc) is 3.04. The van der Waals surface area contributed by atoms with Crippen molar-refractivity contribution in [2.45, 2.75) is 65.3 Å². The third-order valence-corrected chi connectivity index (χ3v) is 5.04. The first-order valence-corrected chi connectivity index (χ1v) is 9.78. The third-order valence-electron chi connectivity index (χ3n) is 5.04. The first-order valence-electron chi connectivity index (χ1n) is 9.78. The van der Waals surface area contributed by atoms with E-state index in [1.807, 2.05) is 27.7 Å². The molecule has 0 unspecified atom stereocenters. The monoisotopic (exact) mass is 417 g/mol. The zero-order valence-electron chi connectivity index (χ0n) is 18.4. The Morgan fingerprint density at radius 1 is 1.27 bits per heavy atom. The van der Waals surface area contributed by atoms with Crippen molar-refractivity contribution in [3.8, 4) is 0 Å². The minimum Gasteiger partial charge on any atom is -0.444 e. The van der Waals surface area contributed by atoms with Crippen molar-refractivity contribution in [3.05, 3.63) is 33.8 Å². The lowest BCUT2D eigenvalue weighted by molar-refractivity contribution is 0.00578. The van der Waals surface area contributed by atoms with Gasteiger partial charge in [-0.05, 0) is 65.6 Å². The largest absolute Gasteiger partial charge is 0.492 e. The number of pyridine rings is 1. The first-order chi connectivity index (χ1) is 13.8. The SMILES string of the molecule is CC(C)(C)OC(=O)NCC(=Cc1cnc2[nH]c(=O)oc2c1)B1OC(C)(C)C(C)(C)O1. The molecule has 0 spiro atoms. The fourth-order valence-electron chi connectivity index (χ4n) is 2.83. The van der Waals surface area contributed by atoms with E-state index in [-0.39, 0.29) is 6.54 Å². The predicted molar refractivity (Wildman–Crippen MR) is 113 cm³/mol. The molecule has 1 aliphatic heterocycles. The molecule has 0 aliphatic carbocycles. The Balaban J connectivity index is 1.89. The average molecular weight is 417 g/mol. The molecule has 0 atom stereocenters. The van der Waals surface area contributed by atoms with Crippen molar-refractivity contribution >= 4 is 30.5 Å². The van der Waals surface area contributed by atoms with Crippen LogP contribution in [0.3, 0.4) is 0 Å². The Hall–Kier alpha value is -2.59. The molecule has 3 rings (SSSR count). The number of aromatic amines is 1. The van der Waals surface area contributed by atoms with Gasteiger partial charge in [0, 0.05) is 12.7 Å². The Morgan fingerprint density at radius 3 is 2.50 bits per heavy atom. The number of carbonyl (C=O) groups excluding carboxylic acids is 1. The van der Waals surface area contributed by atoms with Gasteiger partial charge in [-0.3, -0.25) is 4.98 Å². The van der Waals surface area contributed by atoms with Crippen LogP contribution < -0.4 is 11.1 Å². The van der Waals surface area contributed by atoms with Gasteiger partial charge in [-0.25, -0.2) is 14.6 Å². The second-order valence-corrected chi connectivity index (χ2v) is 9.29. The maximum absolute atomic E-state index is 12.2. The highest BCUT2D eigenvalue weighted by atomic mass is 16.7. The van der Waals surface area contributed by atoms with Crippen LogP contribution in [0.2, 0.25) is 0 Å². The summed E-state index contributed by atoms with van der Waals surface area (Å²) < 4.78 is 22.7. The van der Waals surface area contributed by atoms with E-state index < -0.39 is 35.8 Å². The lowest BCUT2D eigenvalue weighted by Gasteiger charge is -2.32. The maximum Gasteiger partial charge on any atom is 0.492 e. The van der Waals surface area contributed by atoms with Gasteiger partial charge in [0.2, 0.25) is 0 Å². The van der Waals surface area contributed by atoms with Gasteiger partial charge in [-0.2, -0.15) is 0 Å². The summed E-state index contributed by atoms with van der Waals surface area (Å²) in [6.07, 6.45) is 2.83. The van der Waals surface area contributed by atoms with E-state index in [9.17, 15) is 9.59 Å². The van der Waals surface area contributed by atoms with Crippen LogP contribution >= 0.6 is 0 Å². The summed E-state index contributed by atoms with van der Waals surface area (Å²) in [6, 6.07) is 1.68. The quantitative estimate of drug-likeness (QED) is 0.735. The summed E-state index contributed by atoms with van der Waals surface area (Å²) in [6.45, 7) is 13.3. The number of hydrogen-bond donors (Lipinski definition) is 2. The molecule has 3 heterocycles. The molecule has 9 nitrogen and oxygen atoms in total. The van der Waals surface area contributed by atoms with E-state index in [1.165, 1.54) is 0 Å². The standard InChI is InChI=1S/C20H28BN3O6/c1-18(2,3)28-16(25)23-11-13(21-29-19(4,5)20(6,7)30-21)8-12-9-14-15(22-10-12)24-17(26)27-14/h8-10H,11H2,1-7H3,(H,23,25)(H,22,24,26). The second-order valence-electron chi connectivity index (χ2n) is 9.29. The number of carbonyl (C=O) groups is 1. The number of rotatable bonds is 4. The van der Waals surface area contributed by atoms with E-state index in [1.54, 1.807) is 39.1 Å². The van der Waals surface area contributed by atoms with Gasteiger partial charge in [-0.15, -0.1) is 0 Å². The number of ether oxygens (including phenoxy) is 1.